The highest BCUT2D eigenvalue weighted by Gasteiger charge is 2.37. The summed E-state index contributed by atoms with van der Waals surface area (Å²) in [6.07, 6.45) is 4.80. The van der Waals surface area contributed by atoms with E-state index in [1.807, 2.05) is 60.7 Å². The van der Waals surface area contributed by atoms with Crippen molar-refractivity contribution in [1.29, 1.82) is 0 Å². The summed E-state index contributed by atoms with van der Waals surface area (Å²) in [6, 6.07) is 24.8. The summed E-state index contributed by atoms with van der Waals surface area (Å²) in [5.74, 6) is 0.354. The minimum Gasteiger partial charge on any atom is -0.496 e. The van der Waals surface area contributed by atoms with Crippen LogP contribution in [-0.2, 0) is 4.57 Å². The molecule has 0 heterocycles. The summed E-state index contributed by atoms with van der Waals surface area (Å²) >= 11 is 0. The molecule has 1 fully saturated rings. The van der Waals surface area contributed by atoms with E-state index in [9.17, 15) is 14.5 Å². The number of para-hydroxylation sites is 1. The average molecular weight is 492 g/mol. The Labute approximate surface area is 208 Å². The number of ether oxygens (including phenoxy) is 1. The molecular weight excluding hydrogens is 457 g/mol. The van der Waals surface area contributed by atoms with Crippen molar-refractivity contribution in [3.8, 4) is 5.75 Å². The van der Waals surface area contributed by atoms with E-state index in [2.05, 4.69) is 5.09 Å². The third-order valence-electron chi connectivity index (χ3n) is 6.92. The van der Waals surface area contributed by atoms with Gasteiger partial charge in [-0.3, -0.25) is 14.4 Å². The highest BCUT2D eigenvalue weighted by atomic mass is 31.2. The highest BCUT2D eigenvalue weighted by Crippen LogP contribution is 2.41. The van der Waals surface area contributed by atoms with Crippen molar-refractivity contribution in [1.82, 2.24) is 5.09 Å². The van der Waals surface area contributed by atoms with Crippen LogP contribution in [0.25, 0.3) is 0 Å². The number of nitrogens with one attached hydrogen (secondary N) is 1. The van der Waals surface area contributed by atoms with Gasteiger partial charge in [-0.2, -0.15) is 0 Å². The number of ketones is 1. The van der Waals surface area contributed by atoms with Crippen molar-refractivity contribution in [3.05, 3.63) is 90.5 Å². The van der Waals surface area contributed by atoms with Gasteiger partial charge in [0.15, 0.2) is 5.78 Å². The van der Waals surface area contributed by atoms with Crippen molar-refractivity contribution < 1.29 is 19.2 Å². The van der Waals surface area contributed by atoms with Gasteiger partial charge in [0.25, 0.3) is 0 Å². The summed E-state index contributed by atoms with van der Waals surface area (Å²) in [6.45, 7) is 0. The lowest BCUT2D eigenvalue weighted by Gasteiger charge is -2.33. The minimum atomic E-state index is -3.35. The van der Waals surface area contributed by atoms with Crippen molar-refractivity contribution >= 4 is 23.7 Å². The molecule has 0 saturated heterocycles. The number of aliphatic hydroxyl groups excluding tert-OH is 1. The smallest absolute Gasteiger partial charge is 0.204 e. The van der Waals surface area contributed by atoms with E-state index in [1.54, 1.807) is 24.3 Å². The molecule has 1 aliphatic rings. The fraction of sp³-hybridized carbons (Fsp3) is 0.345. The van der Waals surface area contributed by atoms with Crippen LogP contribution in [0.15, 0.2) is 84.9 Å². The second kappa shape index (κ2) is 11.8. The molecule has 0 radical (unpaired) electrons. The van der Waals surface area contributed by atoms with Gasteiger partial charge in [-0.1, -0.05) is 80.6 Å². The van der Waals surface area contributed by atoms with Crippen LogP contribution in [-0.4, -0.2) is 30.1 Å². The van der Waals surface area contributed by atoms with Gasteiger partial charge in [-0.15, -0.1) is 0 Å². The molecule has 1 saturated carbocycles. The van der Waals surface area contributed by atoms with Gasteiger partial charge < -0.3 is 9.84 Å². The number of hydrogen-bond donors (Lipinski definition) is 2. The fourth-order valence-electron chi connectivity index (χ4n) is 5.03. The Morgan fingerprint density at radius 3 is 2.03 bits per heavy atom. The minimum absolute atomic E-state index is 0.326. The molecular formula is C29H34NO4P. The molecule has 0 aromatic heterocycles. The third kappa shape index (κ3) is 5.92. The second-order valence-electron chi connectivity index (χ2n) is 9.27. The molecule has 35 heavy (non-hydrogen) atoms. The van der Waals surface area contributed by atoms with Crippen LogP contribution < -0.4 is 20.4 Å². The number of rotatable bonds is 10. The van der Waals surface area contributed by atoms with Crippen LogP contribution in [0, 0.1) is 5.92 Å². The van der Waals surface area contributed by atoms with Gasteiger partial charge in [-0.25, -0.2) is 0 Å². The predicted molar refractivity (Wildman–Crippen MR) is 141 cm³/mol. The maximum atomic E-state index is 14.7. The number of benzene rings is 3. The molecule has 3 aromatic carbocycles. The van der Waals surface area contributed by atoms with Gasteiger partial charge in [0.2, 0.25) is 7.29 Å². The zero-order valence-electron chi connectivity index (χ0n) is 20.2. The van der Waals surface area contributed by atoms with E-state index in [1.165, 1.54) is 13.5 Å². The molecule has 0 bridgehead atoms. The Kier molecular flexibility index (Phi) is 8.56. The number of Topliss-reactive ketones (excluding diaryl/α,β-unsaturated/α-hetero) is 1. The van der Waals surface area contributed by atoms with Gasteiger partial charge >= 0.3 is 0 Å². The van der Waals surface area contributed by atoms with Crippen molar-refractivity contribution in [2.24, 2.45) is 5.92 Å². The lowest BCUT2D eigenvalue weighted by molar-refractivity contribution is 0.0643. The van der Waals surface area contributed by atoms with E-state index in [0.29, 0.717) is 34.3 Å². The molecule has 6 heteroatoms. The normalized spacial score (nSPS) is 16.4. The summed E-state index contributed by atoms with van der Waals surface area (Å²) in [4.78, 5) is 13.5. The monoisotopic (exact) mass is 491 g/mol. The van der Waals surface area contributed by atoms with Gasteiger partial charge in [-0.05, 0) is 48.7 Å². The van der Waals surface area contributed by atoms with Crippen LogP contribution in [0.2, 0.25) is 0 Å². The maximum Gasteiger partial charge on any atom is 0.204 e. The Hall–Kier alpha value is -2.72. The van der Waals surface area contributed by atoms with Crippen LogP contribution >= 0.6 is 7.29 Å². The van der Waals surface area contributed by atoms with Gasteiger partial charge in [0.05, 0.1) is 12.7 Å². The molecule has 184 valence electrons. The van der Waals surface area contributed by atoms with E-state index in [-0.39, 0.29) is 0 Å². The van der Waals surface area contributed by atoms with Gasteiger partial charge in [0, 0.05) is 16.7 Å². The Balaban J connectivity index is 1.72. The molecule has 0 aliphatic heterocycles. The first kappa shape index (κ1) is 25.4. The van der Waals surface area contributed by atoms with Crippen molar-refractivity contribution in [3.63, 3.8) is 0 Å². The average Bonchev–Trinajstić information content (AvgIpc) is 2.93. The molecule has 4 rings (SSSR count). The third-order valence-corrected chi connectivity index (χ3v) is 9.67. The molecule has 2 N–H and O–H groups in total. The summed E-state index contributed by atoms with van der Waals surface area (Å²) in [7, 11) is -1.84. The highest BCUT2D eigenvalue weighted by molar-refractivity contribution is 7.76. The number of carbonyl (C=O) groups excluding carboxylic acids is 1. The van der Waals surface area contributed by atoms with Gasteiger partial charge in [0.1, 0.15) is 11.9 Å². The first-order valence-electron chi connectivity index (χ1n) is 12.4. The molecule has 3 aromatic rings. The van der Waals surface area contributed by atoms with E-state index >= 15 is 0 Å². The molecule has 0 unspecified atom stereocenters. The topological polar surface area (TPSA) is 75.6 Å². The van der Waals surface area contributed by atoms with Crippen molar-refractivity contribution in [2.45, 2.75) is 50.7 Å². The molecule has 0 spiro atoms. The zero-order chi connectivity index (χ0) is 24.7. The quantitative estimate of drug-likeness (QED) is 0.305. The largest absolute Gasteiger partial charge is 0.496 e. The summed E-state index contributed by atoms with van der Waals surface area (Å²) in [5.41, 5.74) is 0.326. The predicted octanol–water partition coefficient (Wildman–Crippen LogP) is 5.10. The number of carbonyl (C=O) groups is 1. The first-order chi connectivity index (χ1) is 17.0. The standard InChI is InChI=1S/C29H34NO4P/c1-34-27-20-12-11-19-25(27)28(31)29(32)26(21-22-13-5-2-6-14-22)30-35(33,23-15-7-3-8-16-23)24-17-9-4-10-18-24/h3-4,7-12,15-20,22,26,29,32H,2,5-6,13-14,21H2,1H3,(H,30,33)/t26-,29+/m0/s1. The molecule has 1 aliphatic carbocycles. The Morgan fingerprint density at radius 2 is 1.46 bits per heavy atom. The number of methoxy groups -OCH3 is 1. The molecule has 0 amide bonds. The first-order valence-corrected chi connectivity index (χ1v) is 14.1. The van der Waals surface area contributed by atoms with E-state index < -0.39 is 25.2 Å². The lowest BCUT2D eigenvalue weighted by Crippen LogP contribution is -2.47. The van der Waals surface area contributed by atoms with Crippen LogP contribution in [0.4, 0.5) is 0 Å². The molecule has 5 nitrogen and oxygen atoms in total. The number of aliphatic hydroxyl groups is 1. The summed E-state index contributed by atoms with van der Waals surface area (Å²) in [5, 5.41) is 16.1. The van der Waals surface area contributed by atoms with Crippen LogP contribution in [0.5, 0.6) is 5.75 Å². The maximum absolute atomic E-state index is 14.7. The SMILES string of the molecule is COc1ccccc1C(=O)[C@H](O)[C@H](CC1CCCCC1)NP(=O)(c1ccccc1)c1ccccc1. The van der Waals surface area contributed by atoms with E-state index in [4.69, 9.17) is 4.74 Å². The Bertz CT molecular complexity index is 1100. The second-order valence-corrected chi connectivity index (χ2v) is 11.8. The van der Waals surface area contributed by atoms with E-state index in [0.717, 1.165) is 25.7 Å². The van der Waals surface area contributed by atoms with Crippen LogP contribution in [0.3, 0.4) is 0 Å². The summed E-state index contributed by atoms with van der Waals surface area (Å²) < 4.78 is 20.1. The lowest BCUT2D eigenvalue weighted by atomic mass is 9.83. The molecule has 2 atom stereocenters. The van der Waals surface area contributed by atoms with Crippen LogP contribution in [0.1, 0.15) is 48.9 Å². The zero-order valence-corrected chi connectivity index (χ0v) is 21.1. The fourth-order valence-corrected chi connectivity index (χ4v) is 7.53. The number of hydrogen-bond acceptors (Lipinski definition) is 4. The Morgan fingerprint density at radius 1 is 0.914 bits per heavy atom. The van der Waals surface area contributed by atoms with Crippen molar-refractivity contribution in [2.75, 3.05) is 7.11 Å².